The SMILES string of the molecule is CN(CC(=O)N1N=C(c2ccco2)CC1c1ccco1)Cc1ncc(Cl)n1C. The molecule has 3 aromatic rings. The topological polar surface area (TPSA) is 80.0 Å². The first-order valence-corrected chi connectivity index (χ1v) is 9.22. The van der Waals surface area contributed by atoms with E-state index in [-0.39, 0.29) is 18.5 Å². The van der Waals surface area contributed by atoms with E-state index in [1.165, 1.54) is 5.01 Å². The maximum Gasteiger partial charge on any atom is 0.257 e. The van der Waals surface area contributed by atoms with Crippen LogP contribution in [0.2, 0.25) is 5.15 Å². The van der Waals surface area contributed by atoms with Crippen molar-refractivity contribution in [3.8, 4) is 0 Å². The van der Waals surface area contributed by atoms with Gasteiger partial charge in [-0.1, -0.05) is 11.6 Å². The number of nitrogens with zero attached hydrogens (tertiary/aromatic N) is 5. The second-order valence-corrected chi connectivity index (χ2v) is 7.11. The molecule has 28 heavy (non-hydrogen) atoms. The lowest BCUT2D eigenvalue weighted by atomic mass is 10.1. The van der Waals surface area contributed by atoms with Crippen molar-refractivity contribution in [1.29, 1.82) is 0 Å². The molecule has 1 unspecified atom stereocenters. The number of likely N-dealkylation sites (N-methyl/N-ethyl adjacent to an activating group) is 1. The molecule has 1 atom stereocenters. The summed E-state index contributed by atoms with van der Waals surface area (Å²) in [5.41, 5.74) is 0.721. The Morgan fingerprint density at radius 3 is 2.75 bits per heavy atom. The standard InChI is InChI=1S/C19H20ClN5O3/c1-23(11-18-21-10-17(20)24(18)2)12-19(26)25-14(16-6-4-8-28-16)9-13(22-25)15-5-3-7-27-15/h3-8,10,14H,9,11-12H2,1-2H3. The summed E-state index contributed by atoms with van der Waals surface area (Å²) in [6.07, 6.45) is 5.32. The zero-order valence-electron chi connectivity index (χ0n) is 15.6. The van der Waals surface area contributed by atoms with Gasteiger partial charge in [0.1, 0.15) is 34.3 Å². The average Bonchev–Trinajstić information content (AvgIpc) is 3.44. The third kappa shape index (κ3) is 3.61. The van der Waals surface area contributed by atoms with Gasteiger partial charge in [-0.3, -0.25) is 9.69 Å². The van der Waals surface area contributed by atoms with E-state index in [0.29, 0.717) is 29.6 Å². The zero-order valence-corrected chi connectivity index (χ0v) is 16.3. The lowest BCUT2D eigenvalue weighted by Gasteiger charge is -2.23. The Morgan fingerprint density at radius 1 is 1.32 bits per heavy atom. The van der Waals surface area contributed by atoms with Crippen LogP contribution in [0.1, 0.15) is 29.8 Å². The zero-order chi connectivity index (χ0) is 19.7. The van der Waals surface area contributed by atoms with E-state index in [4.69, 9.17) is 20.4 Å². The van der Waals surface area contributed by atoms with Gasteiger partial charge in [-0.25, -0.2) is 9.99 Å². The number of furan rings is 2. The highest BCUT2D eigenvalue weighted by Gasteiger charge is 2.36. The summed E-state index contributed by atoms with van der Waals surface area (Å²) >= 11 is 6.03. The van der Waals surface area contributed by atoms with E-state index in [1.807, 2.05) is 31.1 Å². The molecule has 1 amide bonds. The summed E-state index contributed by atoms with van der Waals surface area (Å²) in [5.74, 6) is 2.00. The van der Waals surface area contributed by atoms with Crippen molar-refractivity contribution in [2.24, 2.45) is 12.1 Å². The van der Waals surface area contributed by atoms with Crippen LogP contribution in [0.5, 0.6) is 0 Å². The van der Waals surface area contributed by atoms with Crippen molar-refractivity contribution in [3.05, 3.63) is 65.5 Å². The quantitative estimate of drug-likeness (QED) is 0.634. The molecule has 4 rings (SSSR count). The maximum atomic E-state index is 13.0. The summed E-state index contributed by atoms with van der Waals surface area (Å²) < 4.78 is 12.8. The first kappa shape index (κ1) is 18.5. The Balaban J connectivity index is 1.50. The fraction of sp³-hybridized carbons (Fsp3) is 0.316. The smallest absolute Gasteiger partial charge is 0.257 e. The molecule has 1 aliphatic heterocycles. The molecule has 8 nitrogen and oxygen atoms in total. The van der Waals surface area contributed by atoms with Crippen LogP contribution in [0, 0.1) is 0 Å². The van der Waals surface area contributed by atoms with Crippen molar-refractivity contribution >= 4 is 23.2 Å². The van der Waals surface area contributed by atoms with E-state index in [2.05, 4.69) is 10.1 Å². The summed E-state index contributed by atoms with van der Waals surface area (Å²) in [6.45, 7) is 0.666. The van der Waals surface area contributed by atoms with Crippen molar-refractivity contribution in [1.82, 2.24) is 19.5 Å². The Bertz CT molecular complexity index is 978. The number of carbonyl (C=O) groups is 1. The third-order valence-electron chi connectivity index (χ3n) is 4.69. The number of halogens is 1. The highest BCUT2D eigenvalue weighted by molar-refractivity contribution is 6.29. The number of hydrazone groups is 1. The van der Waals surface area contributed by atoms with E-state index >= 15 is 0 Å². The fourth-order valence-corrected chi connectivity index (χ4v) is 3.35. The molecule has 1 aliphatic rings. The van der Waals surface area contributed by atoms with Gasteiger partial charge >= 0.3 is 0 Å². The number of imidazole rings is 1. The largest absolute Gasteiger partial charge is 0.467 e. The van der Waals surface area contributed by atoms with Gasteiger partial charge in [0.2, 0.25) is 0 Å². The van der Waals surface area contributed by atoms with Crippen LogP contribution in [0.4, 0.5) is 0 Å². The lowest BCUT2D eigenvalue weighted by Crippen LogP contribution is -2.36. The number of rotatable bonds is 6. The molecule has 0 N–H and O–H groups in total. The van der Waals surface area contributed by atoms with Gasteiger partial charge < -0.3 is 13.4 Å². The maximum absolute atomic E-state index is 13.0. The van der Waals surface area contributed by atoms with Gasteiger partial charge in [-0.2, -0.15) is 5.10 Å². The van der Waals surface area contributed by atoms with Crippen LogP contribution in [0.25, 0.3) is 0 Å². The van der Waals surface area contributed by atoms with Gasteiger partial charge in [0.25, 0.3) is 5.91 Å². The van der Waals surface area contributed by atoms with Crippen LogP contribution in [0.15, 0.2) is 56.9 Å². The molecule has 3 aromatic heterocycles. The van der Waals surface area contributed by atoms with Gasteiger partial charge in [-0.05, 0) is 31.3 Å². The van der Waals surface area contributed by atoms with E-state index in [1.54, 1.807) is 35.4 Å². The normalized spacial score (nSPS) is 16.8. The number of amides is 1. The monoisotopic (exact) mass is 401 g/mol. The molecule has 0 aromatic carbocycles. The predicted octanol–water partition coefficient (Wildman–Crippen LogP) is 3.07. The van der Waals surface area contributed by atoms with Gasteiger partial charge in [0.15, 0.2) is 0 Å². The minimum Gasteiger partial charge on any atom is -0.467 e. The molecule has 0 radical (unpaired) electrons. The summed E-state index contributed by atoms with van der Waals surface area (Å²) in [5, 5.41) is 6.57. The van der Waals surface area contributed by atoms with Crippen molar-refractivity contribution in [2.45, 2.75) is 19.0 Å². The van der Waals surface area contributed by atoms with Crippen molar-refractivity contribution < 1.29 is 13.6 Å². The Hall–Kier alpha value is -2.84. The van der Waals surface area contributed by atoms with Gasteiger partial charge in [0.05, 0.1) is 31.8 Å². The molecule has 0 saturated heterocycles. The first-order chi connectivity index (χ1) is 13.5. The second kappa shape index (κ2) is 7.65. The molecular formula is C19H20ClN5O3. The number of aromatic nitrogens is 2. The lowest BCUT2D eigenvalue weighted by molar-refractivity contribution is -0.134. The van der Waals surface area contributed by atoms with Crippen molar-refractivity contribution in [3.63, 3.8) is 0 Å². The minimum absolute atomic E-state index is 0.134. The Labute approximate surface area is 167 Å². The average molecular weight is 402 g/mol. The van der Waals surface area contributed by atoms with E-state index < -0.39 is 0 Å². The molecule has 4 heterocycles. The van der Waals surface area contributed by atoms with Crippen molar-refractivity contribution in [2.75, 3.05) is 13.6 Å². The highest BCUT2D eigenvalue weighted by atomic mass is 35.5. The Morgan fingerprint density at radius 2 is 2.11 bits per heavy atom. The van der Waals surface area contributed by atoms with Crippen LogP contribution < -0.4 is 0 Å². The molecule has 0 spiro atoms. The van der Waals surface area contributed by atoms with Crippen LogP contribution >= 0.6 is 11.6 Å². The summed E-state index contributed by atoms with van der Waals surface area (Å²) in [4.78, 5) is 19.2. The van der Waals surface area contributed by atoms with Crippen LogP contribution in [-0.4, -0.2) is 44.7 Å². The fourth-order valence-electron chi connectivity index (χ4n) is 3.21. The van der Waals surface area contributed by atoms with Crippen LogP contribution in [-0.2, 0) is 18.4 Å². The third-order valence-corrected chi connectivity index (χ3v) is 5.04. The molecule has 0 saturated carbocycles. The highest BCUT2D eigenvalue weighted by Crippen LogP contribution is 2.33. The minimum atomic E-state index is -0.293. The number of hydrogen-bond acceptors (Lipinski definition) is 6. The summed E-state index contributed by atoms with van der Waals surface area (Å²) in [6, 6.07) is 7.00. The van der Waals surface area contributed by atoms with Gasteiger partial charge in [0, 0.05) is 13.5 Å². The molecule has 0 aliphatic carbocycles. The van der Waals surface area contributed by atoms with Gasteiger partial charge in [-0.15, -0.1) is 0 Å². The Kier molecular flexibility index (Phi) is 5.06. The number of hydrogen-bond donors (Lipinski definition) is 0. The molecule has 0 fully saturated rings. The predicted molar refractivity (Wildman–Crippen MR) is 103 cm³/mol. The molecule has 9 heteroatoms. The number of carbonyl (C=O) groups excluding carboxylic acids is 1. The molecule has 0 bridgehead atoms. The van der Waals surface area contributed by atoms with Crippen LogP contribution in [0.3, 0.4) is 0 Å². The van der Waals surface area contributed by atoms with E-state index in [0.717, 1.165) is 11.5 Å². The molecule has 146 valence electrons. The second-order valence-electron chi connectivity index (χ2n) is 6.73. The van der Waals surface area contributed by atoms with E-state index in [9.17, 15) is 4.79 Å². The molecular weight excluding hydrogens is 382 g/mol. The first-order valence-electron chi connectivity index (χ1n) is 8.84. The summed E-state index contributed by atoms with van der Waals surface area (Å²) in [7, 11) is 3.70.